The van der Waals surface area contributed by atoms with Gasteiger partial charge in [-0.1, -0.05) is 41.5 Å². The van der Waals surface area contributed by atoms with Crippen molar-refractivity contribution in [2.45, 2.75) is 53.8 Å². The molecule has 4 atom stereocenters. The van der Waals surface area contributed by atoms with Gasteiger partial charge in [-0.2, -0.15) is 0 Å². The maximum Gasteiger partial charge on any atom is 0.422 e. The highest BCUT2D eigenvalue weighted by atomic mass is 32.5. The van der Waals surface area contributed by atoms with E-state index in [1.54, 1.807) is 0 Å². The average Bonchev–Trinajstić information content (AvgIpc) is 3.14. The molecule has 2 rings (SSSR count). The van der Waals surface area contributed by atoms with Gasteiger partial charge in [-0.05, 0) is 0 Å². The molecule has 0 radical (unpaired) electrons. The summed E-state index contributed by atoms with van der Waals surface area (Å²) in [6.45, 7) is 4.95. The van der Waals surface area contributed by atoms with Gasteiger partial charge in [-0.25, -0.2) is 14.1 Å². The highest BCUT2D eigenvalue weighted by Gasteiger charge is 2.57. The number of nitrogens with two attached hydrogens (primary N) is 1. The highest BCUT2D eigenvalue weighted by molar-refractivity contribution is 8.60. The summed E-state index contributed by atoms with van der Waals surface area (Å²) < 4.78 is 43.1. The van der Waals surface area contributed by atoms with E-state index in [4.69, 9.17) is 25.2 Å². The molecule has 0 aromatic carbocycles. The normalized spacial score (nSPS) is 22.8. The van der Waals surface area contributed by atoms with Crippen LogP contribution in [0.25, 0.3) is 0 Å². The third-order valence-corrected chi connectivity index (χ3v) is 13.5. The first-order valence-corrected chi connectivity index (χ1v) is 16.0. The Hall–Kier alpha value is -1.14. The van der Waals surface area contributed by atoms with Crippen LogP contribution in [0.5, 0.6) is 0 Å². The van der Waals surface area contributed by atoms with Crippen molar-refractivity contribution in [1.29, 1.82) is 0 Å². The molecular weight excluding hydrogens is 491 g/mol. The number of carbonyl (C=O) groups excluding carboxylic acids is 1. The fourth-order valence-electron chi connectivity index (χ4n) is 1.92. The van der Waals surface area contributed by atoms with Crippen LogP contribution in [-0.2, 0) is 27.8 Å². The summed E-state index contributed by atoms with van der Waals surface area (Å²) in [5.41, 5.74) is 5.45. The van der Waals surface area contributed by atoms with Crippen LogP contribution in [-0.4, -0.2) is 74.8 Å². The second-order valence-electron chi connectivity index (χ2n) is 5.03. The molecule has 1 amide bonds. The van der Waals surface area contributed by atoms with Crippen molar-refractivity contribution in [2.24, 2.45) is 15.7 Å². The van der Waals surface area contributed by atoms with Gasteiger partial charge < -0.3 is 34.9 Å². The molecule has 0 aromatic heterocycles. The smallest absolute Gasteiger partial charge is 0.370 e. The number of nitrogens with zero attached hydrogens (tertiary/aromatic N) is 3. The zero-order valence-electron chi connectivity index (χ0n) is 18.9. The molecule has 0 fully saturated rings. The predicted molar refractivity (Wildman–Crippen MR) is 120 cm³/mol. The van der Waals surface area contributed by atoms with E-state index in [0.717, 1.165) is 0 Å². The Labute approximate surface area is 187 Å². The van der Waals surface area contributed by atoms with Crippen molar-refractivity contribution in [1.82, 2.24) is 10.2 Å². The van der Waals surface area contributed by atoms with Gasteiger partial charge in [0.1, 0.15) is 6.73 Å². The van der Waals surface area contributed by atoms with Crippen LogP contribution in [0.15, 0.2) is 9.98 Å². The molecule has 0 aromatic rings. The second kappa shape index (κ2) is 14.9. The van der Waals surface area contributed by atoms with Crippen molar-refractivity contribution in [2.75, 3.05) is 19.9 Å². The Kier molecular flexibility index (Phi) is 15.4. The monoisotopic (exact) mass is 525 g/mol. The lowest BCUT2D eigenvalue weighted by Gasteiger charge is -2.27. The minimum atomic E-state index is -5.79. The number of carbonyl (C=O) groups is 1. The van der Waals surface area contributed by atoms with Crippen molar-refractivity contribution >= 4 is 39.5 Å². The van der Waals surface area contributed by atoms with Gasteiger partial charge in [0.25, 0.3) is 5.91 Å². The van der Waals surface area contributed by atoms with Crippen LogP contribution < -0.4 is 11.1 Å². The number of rotatable bonds is 8. The maximum absolute atomic E-state index is 11.6. The summed E-state index contributed by atoms with van der Waals surface area (Å²) in [7, 11) is -11.2. The first kappa shape index (κ1) is 33.0. The zero-order chi connectivity index (χ0) is 25.8. The van der Waals surface area contributed by atoms with E-state index in [9.17, 15) is 23.4 Å². The average molecular weight is 525 g/mol. The summed E-state index contributed by atoms with van der Waals surface area (Å²) in [5.74, 6) is -0.533. The van der Waals surface area contributed by atoms with Gasteiger partial charge in [0.05, 0.1) is 19.6 Å². The molecule has 0 saturated carbocycles. The number of fused-ring (bicyclic) bond motifs is 1. The lowest BCUT2D eigenvalue weighted by Crippen LogP contribution is -2.54. The quantitative estimate of drug-likeness (QED) is 0.192. The summed E-state index contributed by atoms with van der Waals surface area (Å²) in [5, 5.41) is 2.31. The molecule has 0 aliphatic carbocycles. The number of hydrogen-bond acceptors (Lipinski definition) is 10. The topological polar surface area (TPSA) is 234 Å². The number of nitrogens with one attached hydrogen (secondary N) is 1. The van der Waals surface area contributed by atoms with Crippen molar-refractivity contribution in [3.05, 3.63) is 0 Å². The molecule has 2 aliphatic rings. The number of aliphatic imine (C=N–C) groups is 2. The van der Waals surface area contributed by atoms with Crippen LogP contribution in [0.2, 0.25) is 0 Å². The molecule has 18 heteroatoms. The lowest BCUT2D eigenvalue weighted by atomic mass is 10.2. The van der Waals surface area contributed by atoms with Gasteiger partial charge in [-0.15, -0.1) is 0 Å². The Morgan fingerprint density at radius 2 is 1.59 bits per heavy atom. The molecular formula is C14H34N5O10P3. The van der Waals surface area contributed by atoms with E-state index in [1.807, 2.05) is 41.5 Å². The molecule has 0 bridgehead atoms. The fourth-order valence-corrected chi connectivity index (χ4v) is 7.38. The number of amides is 1. The summed E-state index contributed by atoms with van der Waals surface area (Å²) in [6.07, 6.45) is 0.575. The van der Waals surface area contributed by atoms with E-state index in [-0.39, 0.29) is 19.3 Å². The van der Waals surface area contributed by atoms with Crippen LogP contribution >= 0.6 is 21.3 Å². The van der Waals surface area contributed by atoms with E-state index in [1.165, 1.54) is 11.2 Å². The summed E-state index contributed by atoms with van der Waals surface area (Å²) in [6, 6.07) is -0.802. The number of ether oxygens (including phenoxy) is 1. The minimum absolute atomic E-state index is 0.0903. The van der Waals surface area contributed by atoms with Crippen LogP contribution in [0.3, 0.4) is 0 Å². The maximum atomic E-state index is 11.6. The van der Waals surface area contributed by atoms with Gasteiger partial charge in [0.15, 0.2) is 18.2 Å². The minimum Gasteiger partial charge on any atom is -0.370 e. The van der Waals surface area contributed by atoms with Gasteiger partial charge in [0.2, 0.25) is 0 Å². The molecule has 0 saturated heterocycles. The SMILES string of the molecule is CC.CC.CC.NC1=NC2C(N=CN2COCCOP(=O)(O)P(=O)(O)P(=O)(O)O)C(=O)N1. The van der Waals surface area contributed by atoms with Crippen molar-refractivity contribution in [3.8, 4) is 0 Å². The van der Waals surface area contributed by atoms with Crippen molar-refractivity contribution in [3.63, 3.8) is 0 Å². The largest absolute Gasteiger partial charge is 0.422 e. The molecule has 2 heterocycles. The van der Waals surface area contributed by atoms with E-state index in [0.29, 0.717) is 0 Å². The first-order chi connectivity index (χ1) is 14.9. The highest BCUT2D eigenvalue weighted by Crippen LogP contribution is 2.94. The van der Waals surface area contributed by atoms with Gasteiger partial charge in [-0.3, -0.25) is 24.2 Å². The van der Waals surface area contributed by atoms with Crippen LogP contribution in [0.1, 0.15) is 41.5 Å². The summed E-state index contributed by atoms with van der Waals surface area (Å²) >= 11 is 0. The van der Waals surface area contributed by atoms with Crippen LogP contribution in [0, 0.1) is 0 Å². The predicted octanol–water partition coefficient (Wildman–Crippen LogP) is 1.00. The second-order valence-corrected chi connectivity index (χ2v) is 15.6. The Morgan fingerprint density at radius 1 is 1.06 bits per heavy atom. The third kappa shape index (κ3) is 8.66. The Morgan fingerprint density at radius 3 is 2.09 bits per heavy atom. The Balaban J connectivity index is 0. The van der Waals surface area contributed by atoms with Crippen molar-refractivity contribution < 1.29 is 47.3 Å². The Bertz CT molecular complexity index is 787. The fraction of sp³-hybridized carbons (Fsp3) is 0.786. The van der Waals surface area contributed by atoms with Gasteiger partial charge >= 0.3 is 21.3 Å². The van der Waals surface area contributed by atoms with E-state index < -0.39 is 46.0 Å². The zero-order valence-corrected chi connectivity index (χ0v) is 21.5. The number of guanidine groups is 1. The number of hydrogen-bond donors (Lipinski definition) is 6. The first-order valence-electron chi connectivity index (χ1n) is 9.74. The lowest BCUT2D eigenvalue weighted by molar-refractivity contribution is -0.122. The molecule has 32 heavy (non-hydrogen) atoms. The molecule has 190 valence electrons. The van der Waals surface area contributed by atoms with E-state index >= 15 is 0 Å². The van der Waals surface area contributed by atoms with E-state index in [2.05, 4.69) is 19.8 Å². The molecule has 7 N–H and O–H groups in total. The van der Waals surface area contributed by atoms with Gasteiger partial charge in [0, 0.05) is 0 Å². The molecule has 4 unspecified atom stereocenters. The molecule has 0 spiro atoms. The van der Waals surface area contributed by atoms with Crippen LogP contribution in [0.4, 0.5) is 0 Å². The molecule has 2 aliphatic heterocycles. The standard InChI is InChI=1S/C8H16N5O10P3.3C2H6/c9-8-11-6-5(7(14)12-8)10-3-13(6)4-22-1-2-23-25(18,19)26(20,21)24(15,16)17;3*1-2/h3,5-6H,1-2,4H2,(H,18,19)(H,20,21)(H2,15,16,17)(H3,9,11,12,14);3*1-2H3. The molecule has 15 nitrogen and oxygen atoms in total. The summed E-state index contributed by atoms with van der Waals surface area (Å²) in [4.78, 5) is 56.7. The third-order valence-electron chi connectivity index (χ3n) is 3.19.